The van der Waals surface area contributed by atoms with Gasteiger partial charge in [-0.2, -0.15) is 0 Å². The van der Waals surface area contributed by atoms with Crippen molar-refractivity contribution in [3.8, 4) is 0 Å². The third-order valence-electron chi connectivity index (χ3n) is 4.93. The molecule has 3 nitrogen and oxygen atoms in total. The molecule has 112 valence electrons. The van der Waals surface area contributed by atoms with Crippen molar-refractivity contribution in [3.63, 3.8) is 0 Å². The second-order valence-electron chi connectivity index (χ2n) is 7.03. The number of rotatable bonds is 5. The third-order valence-corrected chi connectivity index (χ3v) is 4.93. The minimum atomic E-state index is 0.680. The second kappa shape index (κ2) is 7.05. The van der Waals surface area contributed by atoms with E-state index in [1.807, 2.05) is 0 Å². The van der Waals surface area contributed by atoms with Gasteiger partial charge in [-0.05, 0) is 66.0 Å². The topological polar surface area (TPSA) is 18.5 Å². The van der Waals surface area contributed by atoms with Gasteiger partial charge in [0.1, 0.15) is 0 Å². The lowest BCUT2D eigenvalue weighted by Crippen LogP contribution is -2.47. The summed E-state index contributed by atoms with van der Waals surface area (Å²) in [6.45, 7) is 15.7. The summed E-state index contributed by atoms with van der Waals surface area (Å²) in [5.41, 5.74) is 0. The third kappa shape index (κ3) is 4.17. The molecule has 2 atom stereocenters. The highest BCUT2D eigenvalue weighted by Crippen LogP contribution is 2.22. The van der Waals surface area contributed by atoms with Crippen LogP contribution in [-0.2, 0) is 0 Å². The first-order chi connectivity index (χ1) is 9.08. The Labute approximate surface area is 119 Å². The number of likely N-dealkylation sites (tertiary alicyclic amines) is 1. The van der Waals surface area contributed by atoms with Gasteiger partial charge in [0.25, 0.3) is 0 Å². The van der Waals surface area contributed by atoms with E-state index >= 15 is 0 Å². The first-order valence-corrected chi connectivity index (χ1v) is 8.28. The summed E-state index contributed by atoms with van der Waals surface area (Å²) in [7, 11) is 0. The van der Waals surface area contributed by atoms with Crippen molar-refractivity contribution >= 4 is 0 Å². The Morgan fingerprint density at radius 3 is 2.53 bits per heavy atom. The minimum absolute atomic E-state index is 0.680. The first-order valence-electron chi connectivity index (χ1n) is 8.28. The highest BCUT2D eigenvalue weighted by molar-refractivity contribution is 4.88. The maximum atomic E-state index is 3.56. The average Bonchev–Trinajstić information content (AvgIpc) is 2.86. The number of hydrogen-bond donors (Lipinski definition) is 1. The Balaban J connectivity index is 1.89. The summed E-state index contributed by atoms with van der Waals surface area (Å²) >= 11 is 0. The molecule has 19 heavy (non-hydrogen) atoms. The molecule has 0 spiro atoms. The normalized spacial score (nSPS) is 29.8. The molecule has 2 unspecified atom stereocenters. The van der Waals surface area contributed by atoms with Crippen molar-refractivity contribution in [2.75, 3.05) is 32.7 Å². The van der Waals surface area contributed by atoms with E-state index in [4.69, 9.17) is 0 Å². The van der Waals surface area contributed by atoms with Gasteiger partial charge >= 0.3 is 0 Å². The van der Waals surface area contributed by atoms with Gasteiger partial charge in [0.2, 0.25) is 0 Å². The van der Waals surface area contributed by atoms with Crippen LogP contribution in [0.4, 0.5) is 0 Å². The molecule has 0 aromatic heterocycles. The maximum absolute atomic E-state index is 3.56. The maximum Gasteiger partial charge on any atom is 0.0238 e. The van der Waals surface area contributed by atoms with Crippen LogP contribution < -0.4 is 5.32 Å². The van der Waals surface area contributed by atoms with E-state index in [1.165, 1.54) is 52.0 Å². The van der Waals surface area contributed by atoms with Gasteiger partial charge in [-0.3, -0.25) is 9.80 Å². The van der Waals surface area contributed by atoms with Gasteiger partial charge < -0.3 is 5.32 Å². The lowest BCUT2D eigenvalue weighted by atomic mass is 9.97. The van der Waals surface area contributed by atoms with Crippen molar-refractivity contribution in [1.82, 2.24) is 15.1 Å². The molecule has 0 amide bonds. The smallest absolute Gasteiger partial charge is 0.0238 e. The predicted octanol–water partition coefficient (Wildman–Crippen LogP) is 2.18. The molecule has 3 heteroatoms. The van der Waals surface area contributed by atoms with E-state index in [-0.39, 0.29) is 0 Å². The molecule has 0 aliphatic carbocycles. The zero-order valence-electron chi connectivity index (χ0n) is 13.4. The SMILES string of the molecule is CC(C)N1CCC(N(CC2CCCNC2)C(C)C)C1. The monoisotopic (exact) mass is 267 g/mol. The Bertz CT molecular complexity index is 259. The van der Waals surface area contributed by atoms with Crippen LogP contribution in [0.1, 0.15) is 47.0 Å². The van der Waals surface area contributed by atoms with Gasteiger partial charge in [0.05, 0.1) is 0 Å². The highest BCUT2D eigenvalue weighted by Gasteiger charge is 2.31. The summed E-state index contributed by atoms with van der Waals surface area (Å²) in [5, 5.41) is 3.56. The number of piperidine rings is 1. The lowest BCUT2D eigenvalue weighted by Gasteiger charge is -2.37. The molecule has 2 saturated heterocycles. The van der Waals surface area contributed by atoms with Gasteiger partial charge in [-0.15, -0.1) is 0 Å². The summed E-state index contributed by atoms with van der Waals surface area (Å²) < 4.78 is 0. The van der Waals surface area contributed by atoms with Crippen LogP contribution in [0.15, 0.2) is 0 Å². The van der Waals surface area contributed by atoms with Crippen LogP contribution in [0.2, 0.25) is 0 Å². The van der Waals surface area contributed by atoms with Crippen molar-refractivity contribution in [2.45, 2.75) is 65.1 Å². The molecule has 2 heterocycles. The Hall–Kier alpha value is -0.120. The molecule has 2 fully saturated rings. The average molecular weight is 267 g/mol. The summed E-state index contributed by atoms with van der Waals surface area (Å²) in [6, 6.07) is 2.17. The molecular weight excluding hydrogens is 234 g/mol. The molecular formula is C16H33N3. The largest absolute Gasteiger partial charge is 0.316 e. The summed E-state index contributed by atoms with van der Waals surface area (Å²) in [6.07, 6.45) is 4.13. The standard InChI is InChI=1S/C16H33N3/c1-13(2)18-9-7-16(12-18)19(14(3)4)11-15-6-5-8-17-10-15/h13-17H,5-12H2,1-4H3. The fraction of sp³-hybridized carbons (Fsp3) is 1.00. The first kappa shape index (κ1) is 15.3. The Morgan fingerprint density at radius 1 is 1.21 bits per heavy atom. The van der Waals surface area contributed by atoms with E-state index in [1.54, 1.807) is 0 Å². The van der Waals surface area contributed by atoms with Crippen LogP contribution in [0.5, 0.6) is 0 Å². The zero-order chi connectivity index (χ0) is 13.8. The van der Waals surface area contributed by atoms with Gasteiger partial charge in [-0.25, -0.2) is 0 Å². The summed E-state index contributed by atoms with van der Waals surface area (Å²) in [5.74, 6) is 0.865. The Morgan fingerprint density at radius 2 is 2.00 bits per heavy atom. The predicted molar refractivity (Wildman–Crippen MR) is 82.5 cm³/mol. The second-order valence-corrected chi connectivity index (χ2v) is 7.03. The zero-order valence-corrected chi connectivity index (χ0v) is 13.4. The fourth-order valence-corrected chi connectivity index (χ4v) is 3.67. The minimum Gasteiger partial charge on any atom is -0.316 e. The lowest BCUT2D eigenvalue weighted by molar-refractivity contribution is 0.116. The quantitative estimate of drug-likeness (QED) is 0.824. The summed E-state index contributed by atoms with van der Waals surface area (Å²) in [4.78, 5) is 5.42. The van der Waals surface area contributed by atoms with Gasteiger partial charge in [0, 0.05) is 37.8 Å². The van der Waals surface area contributed by atoms with Crippen molar-refractivity contribution in [3.05, 3.63) is 0 Å². The van der Waals surface area contributed by atoms with Gasteiger partial charge in [-0.1, -0.05) is 0 Å². The van der Waals surface area contributed by atoms with Crippen molar-refractivity contribution in [1.29, 1.82) is 0 Å². The van der Waals surface area contributed by atoms with E-state index in [2.05, 4.69) is 42.8 Å². The van der Waals surface area contributed by atoms with Crippen LogP contribution in [0.3, 0.4) is 0 Å². The molecule has 0 aromatic rings. The molecule has 2 aliphatic rings. The molecule has 1 N–H and O–H groups in total. The fourth-order valence-electron chi connectivity index (χ4n) is 3.67. The number of nitrogens with one attached hydrogen (secondary N) is 1. The molecule has 2 aliphatic heterocycles. The number of hydrogen-bond acceptors (Lipinski definition) is 3. The molecule has 0 saturated carbocycles. The van der Waals surface area contributed by atoms with E-state index in [0.29, 0.717) is 12.1 Å². The van der Waals surface area contributed by atoms with Crippen molar-refractivity contribution in [2.24, 2.45) is 5.92 Å². The van der Waals surface area contributed by atoms with Gasteiger partial charge in [0.15, 0.2) is 0 Å². The molecule has 0 radical (unpaired) electrons. The molecule has 2 rings (SSSR count). The van der Waals surface area contributed by atoms with Crippen LogP contribution in [0, 0.1) is 5.92 Å². The van der Waals surface area contributed by atoms with Crippen LogP contribution in [0.25, 0.3) is 0 Å². The number of nitrogens with zero attached hydrogens (tertiary/aromatic N) is 2. The Kier molecular flexibility index (Phi) is 5.67. The molecule has 0 aromatic carbocycles. The van der Waals surface area contributed by atoms with E-state index in [0.717, 1.165) is 12.0 Å². The van der Waals surface area contributed by atoms with Crippen LogP contribution >= 0.6 is 0 Å². The molecule has 0 bridgehead atoms. The van der Waals surface area contributed by atoms with E-state index < -0.39 is 0 Å². The highest BCUT2D eigenvalue weighted by atomic mass is 15.3. The van der Waals surface area contributed by atoms with E-state index in [9.17, 15) is 0 Å². The van der Waals surface area contributed by atoms with Crippen LogP contribution in [-0.4, -0.2) is 60.6 Å². The van der Waals surface area contributed by atoms with Crippen molar-refractivity contribution < 1.29 is 0 Å².